The van der Waals surface area contributed by atoms with Crippen LogP contribution >= 0.6 is 11.3 Å². The van der Waals surface area contributed by atoms with Crippen molar-refractivity contribution in [3.05, 3.63) is 50.9 Å². The summed E-state index contributed by atoms with van der Waals surface area (Å²) in [6.07, 6.45) is 0. The van der Waals surface area contributed by atoms with Crippen molar-refractivity contribution < 1.29 is 19.6 Å². The van der Waals surface area contributed by atoms with Crippen LogP contribution in [0.3, 0.4) is 0 Å². The first-order chi connectivity index (χ1) is 8.99. The van der Waals surface area contributed by atoms with E-state index in [0.29, 0.717) is 16.4 Å². The lowest BCUT2D eigenvalue weighted by Gasteiger charge is -2.06. The summed E-state index contributed by atoms with van der Waals surface area (Å²) in [5, 5.41) is 20.0. The van der Waals surface area contributed by atoms with Gasteiger partial charge in [0.1, 0.15) is 10.6 Å². The van der Waals surface area contributed by atoms with Gasteiger partial charge < -0.3 is 9.84 Å². The molecule has 1 aromatic heterocycles. The lowest BCUT2D eigenvalue weighted by molar-refractivity contribution is -0.385. The second-order valence-electron chi connectivity index (χ2n) is 3.68. The van der Waals surface area contributed by atoms with Gasteiger partial charge in [-0.15, -0.1) is 0 Å². The molecule has 0 bridgehead atoms. The van der Waals surface area contributed by atoms with Gasteiger partial charge >= 0.3 is 5.97 Å². The summed E-state index contributed by atoms with van der Waals surface area (Å²) in [7, 11) is 0. The minimum atomic E-state index is -1.03. The van der Waals surface area contributed by atoms with E-state index in [1.807, 2.05) is 0 Å². The molecule has 0 unspecified atom stereocenters. The molecule has 6 nitrogen and oxygen atoms in total. The molecular weight excluding hydrogens is 270 g/mol. The van der Waals surface area contributed by atoms with Gasteiger partial charge in [-0.3, -0.25) is 10.1 Å². The fourth-order valence-corrected chi connectivity index (χ4v) is 2.22. The van der Waals surface area contributed by atoms with Crippen LogP contribution in [0.2, 0.25) is 0 Å². The Hall–Kier alpha value is -2.41. The number of rotatable bonds is 4. The molecule has 0 atom stereocenters. The lowest BCUT2D eigenvalue weighted by Crippen LogP contribution is -1.93. The SMILES string of the molecule is Cc1c(Oc2ccc(C(=O)O)s2)cccc1[N+](=O)[O-]. The summed E-state index contributed by atoms with van der Waals surface area (Å²) in [6, 6.07) is 7.45. The summed E-state index contributed by atoms with van der Waals surface area (Å²) >= 11 is 0.967. The first-order valence-electron chi connectivity index (χ1n) is 5.24. The van der Waals surface area contributed by atoms with E-state index in [9.17, 15) is 14.9 Å². The minimum Gasteiger partial charge on any atom is -0.477 e. The van der Waals surface area contributed by atoms with Gasteiger partial charge in [-0.1, -0.05) is 17.4 Å². The Morgan fingerprint density at radius 2 is 2.11 bits per heavy atom. The van der Waals surface area contributed by atoms with Crippen molar-refractivity contribution in [3.63, 3.8) is 0 Å². The summed E-state index contributed by atoms with van der Waals surface area (Å²) in [6.45, 7) is 1.58. The van der Waals surface area contributed by atoms with Gasteiger partial charge in [0.15, 0.2) is 5.06 Å². The van der Waals surface area contributed by atoms with Crippen molar-refractivity contribution in [1.82, 2.24) is 0 Å². The molecule has 0 aliphatic rings. The molecule has 1 N–H and O–H groups in total. The van der Waals surface area contributed by atoms with Crippen LogP contribution in [0.15, 0.2) is 30.3 Å². The molecule has 7 heteroatoms. The maximum absolute atomic E-state index is 10.8. The monoisotopic (exact) mass is 279 g/mol. The molecular formula is C12H9NO5S. The fourth-order valence-electron chi connectivity index (χ4n) is 1.51. The second kappa shape index (κ2) is 5.07. The van der Waals surface area contributed by atoms with Crippen LogP contribution in [0.5, 0.6) is 10.8 Å². The Labute approximate surface area is 112 Å². The van der Waals surface area contributed by atoms with Gasteiger partial charge in [-0.25, -0.2) is 4.79 Å². The van der Waals surface area contributed by atoms with Gasteiger partial charge in [0.2, 0.25) is 0 Å². The highest BCUT2D eigenvalue weighted by Crippen LogP contribution is 2.34. The highest BCUT2D eigenvalue weighted by molar-refractivity contribution is 7.15. The lowest BCUT2D eigenvalue weighted by atomic mass is 10.2. The summed E-state index contributed by atoms with van der Waals surface area (Å²) < 4.78 is 5.48. The Morgan fingerprint density at radius 3 is 2.68 bits per heavy atom. The van der Waals surface area contributed by atoms with E-state index in [4.69, 9.17) is 9.84 Å². The van der Waals surface area contributed by atoms with Crippen molar-refractivity contribution in [2.45, 2.75) is 6.92 Å². The van der Waals surface area contributed by atoms with E-state index in [-0.39, 0.29) is 10.6 Å². The Kier molecular flexibility index (Phi) is 3.48. The van der Waals surface area contributed by atoms with Crippen LogP contribution in [0, 0.1) is 17.0 Å². The molecule has 2 aromatic rings. The largest absolute Gasteiger partial charge is 0.477 e. The van der Waals surface area contributed by atoms with Gasteiger partial charge in [0.25, 0.3) is 5.69 Å². The van der Waals surface area contributed by atoms with Gasteiger partial charge in [0, 0.05) is 6.07 Å². The number of nitrogens with zero attached hydrogens (tertiary/aromatic N) is 1. The Bertz CT molecular complexity index is 649. The van der Waals surface area contributed by atoms with Crippen molar-refractivity contribution in [2.75, 3.05) is 0 Å². The number of hydrogen-bond acceptors (Lipinski definition) is 5. The number of carboxylic acid groups (broad SMARTS) is 1. The molecule has 0 saturated carbocycles. The predicted molar refractivity (Wildman–Crippen MR) is 69.2 cm³/mol. The molecule has 0 aliphatic carbocycles. The van der Waals surface area contributed by atoms with E-state index in [0.717, 1.165) is 11.3 Å². The van der Waals surface area contributed by atoms with Crippen molar-refractivity contribution in [2.24, 2.45) is 0 Å². The first-order valence-corrected chi connectivity index (χ1v) is 6.05. The second-order valence-corrected chi connectivity index (χ2v) is 4.73. The van der Waals surface area contributed by atoms with Crippen LogP contribution in [0.25, 0.3) is 0 Å². The van der Waals surface area contributed by atoms with Crippen molar-refractivity contribution >= 4 is 23.0 Å². The van der Waals surface area contributed by atoms with E-state index in [1.165, 1.54) is 24.3 Å². The summed E-state index contributed by atoms with van der Waals surface area (Å²) in [5.74, 6) is -0.691. The molecule has 0 radical (unpaired) electrons. The molecule has 0 spiro atoms. The number of carbonyl (C=O) groups is 1. The zero-order valence-corrected chi connectivity index (χ0v) is 10.6. The molecule has 2 rings (SSSR count). The third-order valence-corrected chi connectivity index (χ3v) is 3.41. The molecule has 19 heavy (non-hydrogen) atoms. The van der Waals surface area contributed by atoms with E-state index >= 15 is 0 Å². The van der Waals surface area contributed by atoms with E-state index < -0.39 is 10.9 Å². The van der Waals surface area contributed by atoms with E-state index in [2.05, 4.69) is 0 Å². The van der Waals surface area contributed by atoms with Gasteiger partial charge in [-0.05, 0) is 25.1 Å². The highest BCUT2D eigenvalue weighted by atomic mass is 32.1. The maximum atomic E-state index is 10.8. The van der Waals surface area contributed by atoms with Crippen LogP contribution in [0.1, 0.15) is 15.2 Å². The minimum absolute atomic E-state index is 0.0347. The highest BCUT2D eigenvalue weighted by Gasteiger charge is 2.15. The standard InChI is InChI=1S/C12H9NO5S/c1-7-8(13(16)17)3-2-4-9(7)18-11-6-5-10(19-11)12(14)15/h2-6H,1H3,(H,14,15). The summed E-state index contributed by atoms with van der Waals surface area (Å²) in [5.41, 5.74) is 0.366. The molecule has 98 valence electrons. The van der Waals surface area contributed by atoms with Gasteiger partial charge in [-0.2, -0.15) is 0 Å². The number of aromatic carboxylic acids is 1. The van der Waals surface area contributed by atoms with Gasteiger partial charge in [0.05, 0.1) is 10.5 Å². The molecule has 0 fully saturated rings. The summed E-state index contributed by atoms with van der Waals surface area (Å²) in [4.78, 5) is 21.2. The first kappa shape index (κ1) is 13.0. The number of ether oxygens (including phenoxy) is 1. The van der Waals surface area contributed by atoms with Crippen molar-refractivity contribution in [3.8, 4) is 10.8 Å². The average molecular weight is 279 g/mol. The topological polar surface area (TPSA) is 89.7 Å². The van der Waals surface area contributed by atoms with Crippen LogP contribution in [-0.4, -0.2) is 16.0 Å². The molecule has 0 saturated heterocycles. The van der Waals surface area contributed by atoms with Crippen LogP contribution in [-0.2, 0) is 0 Å². The Balaban J connectivity index is 2.30. The zero-order valence-electron chi connectivity index (χ0n) is 9.82. The average Bonchev–Trinajstić information content (AvgIpc) is 2.80. The normalized spacial score (nSPS) is 10.2. The molecule has 1 heterocycles. The number of thiophene rings is 1. The fraction of sp³-hybridized carbons (Fsp3) is 0.0833. The number of nitro groups is 1. The smallest absolute Gasteiger partial charge is 0.345 e. The van der Waals surface area contributed by atoms with Crippen molar-refractivity contribution in [1.29, 1.82) is 0 Å². The number of carboxylic acids is 1. The number of hydrogen-bond donors (Lipinski definition) is 1. The van der Waals surface area contributed by atoms with Crippen LogP contribution in [0.4, 0.5) is 5.69 Å². The molecule has 0 amide bonds. The third kappa shape index (κ3) is 2.71. The Morgan fingerprint density at radius 1 is 1.37 bits per heavy atom. The molecule has 1 aromatic carbocycles. The quantitative estimate of drug-likeness (QED) is 0.683. The third-order valence-electron chi connectivity index (χ3n) is 2.45. The zero-order chi connectivity index (χ0) is 14.0. The van der Waals surface area contributed by atoms with E-state index in [1.54, 1.807) is 13.0 Å². The molecule has 0 aliphatic heterocycles. The number of nitro benzene ring substituents is 1. The maximum Gasteiger partial charge on any atom is 0.345 e. The number of benzene rings is 1. The predicted octanol–water partition coefficient (Wildman–Crippen LogP) is 3.46. The van der Waals surface area contributed by atoms with Crippen LogP contribution < -0.4 is 4.74 Å².